The Morgan fingerprint density at radius 1 is 1.60 bits per heavy atom. The lowest BCUT2D eigenvalue weighted by Gasteiger charge is -2.15. The van der Waals surface area contributed by atoms with Crippen molar-refractivity contribution in [1.29, 1.82) is 0 Å². The standard InChI is InChI=1S/C8H10FN/c9-8-3-1-2-6-4-10-5-7(6)8/h1-3,7-8,10H,4-5H2. The van der Waals surface area contributed by atoms with E-state index in [1.54, 1.807) is 6.08 Å². The van der Waals surface area contributed by atoms with Crippen molar-refractivity contribution in [2.45, 2.75) is 6.17 Å². The first kappa shape index (κ1) is 6.10. The van der Waals surface area contributed by atoms with Gasteiger partial charge in [0.1, 0.15) is 6.17 Å². The molecule has 0 amide bonds. The van der Waals surface area contributed by atoms with E-state index in [9.17, 15) is 4.39 Å². The van der Waals surface area contributed by atoms with Gasteiger partial charge in [-0.15, -0.1) is 0 Å². The molecule has 1 fully saturated rings. The minimum absolute atomic E-state index is 0.130. The van der Waals surface area contributed by atoms with E-state index in [0.717, 1.165) is 13.1 Å². The Hall–Kier alpha value is -0.630. The molecular weight excluding hydrogens is 129 g/mol. The monoisotopic (exact) mass is 139 g/mol. The first-order valence-corrected chi connectivity index (χ1v) is 3.60. The van der Waals surface area contributed by atoms with Gasteiger partial charge in [0, 0.05) is 19.0 Å². The highest BCUT2D eigenvalue weighted by molar-refractivity contribution is 5.28. The molecule has 0 spiro atoms. The van der Waals surface area contributed by atoms with Crippen LogP contribution in [0.25, 0.3) is 0 Å². The molecule has 1 aliphatic heterocycles. The Morgan fingerprint density at radius 3 is 3.30 bits per heavy atom. The second-order valence-corrected chi connectivity index (χ2v) is 2.81. The van der Waals surface area contributed by atoms with Crippen LogP contribution >= 0.6 is 0 Å². The SMILES string of the molecule is FC1C=CC=C2CNCC21. The topological polar surface area (TPSA) is 12.0 Å². The quantitative estimate of drug-likeness (QED) is 0.528. The summed E-state index contributed by atoms with van der Waals surface area (Å²) in [6.45, 7) is 1.67. The third-order valence-electron chi connectivity index (χ3n) is 2.16. The number of fused-ring (bicyclic) bond motifs is 1. The lowest BCUT2D eigenvalue weighted by atomic mass is 9.93. The molecule has 1 nitrogen and oxygen atoms in total. The number of nitrogens with one attached hydrogen (secondary N) is 1. The second-order valence-electron chi connectivity index (χ2n) is 2.81. The minimum atomic E-state index is -0.755. The molecule has 2 unspecified atom stereocenters. The van der Waals surface area contributed by atoms with Crippen LogP contribution in [0.15, 0.2) is 23.8 Å². The van der Waals surface area contributed by atoms with Crippen LogP contribution in [0.2, 0.25) is 0 Å². The van der Waals surface area contributed by atoms with Gasteiger partial charge < -0.3 is 5.32 Å². The smallest absolute Gasteiger partial charge is 0.126 e. The van der Waals surface area contributed by atoms with Gasteiger partial charge in [0.15, 0.2) is 0 Å². The Balaban J connectivity index is 2.25. The van der Waals surface area contributed by atoms with Crippen molar-refractivity contribution in [3.63, 3.8) is 0 Å². The zero-order chi connectivity index (χ0) is 6.97. The molecule has 0 saturated carbocycles. The summed E-state index contributed by atoms with van der Waals surface area (Å²) in [5.74, 6) is 0.130. The number of rotatable bonds is 0. The predicted octanol–water partition coefficient (Wildman–Crippen LogP) is 1.04. The molecule has 0 bridgehead atoms. The van der Waals surface area contributed by atoms with Crippen LogP contribution in [0.5, 0.6) is 0 Å². The lowest BCUT2D eigenvalue weighted by molar-refractivity contribution is 0.321. The molecule has 2 heteroatoms. The normalized spacial score (nSPS) is 37.5. The number of alkyl halides is 1. The predicted molar refractivity (Wildman–Crippen MR) is 38.5 cm³/mol. The van der Waals surface area contributed by atoms with Gasteiger partial charge in [-0.2, -0.15) is 0 Å². The largest absolute Gasteiger partial charge is 0.312 e. The van der Waals surface area contributed by atoms with Gasteiger partial charge in [0.05, 0.1) is 0 Å². The van der Waals surface area contributed by atoms with E-state index in [-0.39, 0.29) is 5.92 Å². The van der Waals surface area contributed by atoms with Crippen LogP contribution in [0, 0.1) is 5.92 Å². The Kier molecular flexibility index (Phi) is 1.34. The maximum atomic E-state index is 13.0. The number of hydrogen-bond donors (Lipinski definition) is 1. The summed E-state index contributed by atoms with van der Waals surface area (Å²) < 4.78 is 13.0. The van der Waals surface area contributed by atoms with Gasteiger partial charge in [-0.1, -0.05) is 18.2 Å². The molecular formula is C8H10FN. The van der Waals surface area contributed by atoms with Crippen molar-refractivity contribution in [2.75, 3.05) is 13.1 Å². The summed E-state index contributed by atoms with van der Waals surface area (Å²) in [4.78, 5) is 0. The second kappa shape index (κ2) is 2.20. The lowest BCUT2D eigenvalue weighted by Crippen LogP contribution is -2.19. The molecule has 0 aromatic rings. The Bertz CT molecular complexity index is 195. The van der Waals surface area contributed by atoms with E-state index >= 15 is 0 Å². The molecule has 2 rings (SSSR count). The fourth-order valence-electron chi connectivity index (χ4n) is 1.55. The van der Waals surface area contributed by atoms with Crippen LogP contribution in [-0.4, -0.2) is 19.3 Å². The van der Waals surface area contributed by atoms with E-state index < -0.39 is 6.17 Å². The van der Waals surface area contributed by atoms with Crippen molar-refractivity contribution in [3.05, 3.63) is 23.8 Å². The van der Waals surface area contributed by atoms with Crippen LogP contribution in [0.1, 0.15) is 0 Å². The Labute approximate surface area is 59.6 Å². The summed E-state index contributed by atoms with van der Waals surface area (Å²) in [6, 6.07) is 0. The van der Waals surface area contributed by atoms with Gasteiger partial charge in [0.25, 0.3) is 0 Å². The van der Waals surface area contributed by atoms with Crippen LogP contribution in [-0.2, 0) is 0 Å². The average molecular weight is 139 g/mol. The zero-order valence-corrected chi connectivity index (χ0v) is 5.68. The highest BCUT2D eigenvalue weighted by Gasteiger charge is 2.28. The summed E-state index contributed by atoms with van der Waals surface area (Å²) in [5.41, 5.74) is 1.22. The maximum absolute atomic E-state index is 13.0. The first-order valence-electron chi connectivity index (χ1n) is 3.60. The fraction of sp³-hybridized carbons (Fsp3) is 0.500. The van der Waals surface area contributed by atoms with Gasteiger partial charge in [0.2, 0.25) is 0 Å². The average Bonchev–Trinajstić information content (AvgIpc) is 2.36. The Morgan fingerprint density at radius 2 is 2.50 bits per heavy atom. The van der Waals surface area contributed by atoms with Crippen LogP contribution in [0.3, 0.4) is 0 Å². The van der Waals surface area contributed by atoms with Gasteiger partial charge in [-0.25, -0.2) is 4.39 Å². The molecule has 0 aromatic carbocycles. The molecule has 0 radical (unpaired) electrons. The van der Waals surface area contributed by atoms with Crippen molar-refractivity contribution in [1.82, 2.24) is 5.32 Å². The number of hydrogen-bond acceptors (Lipinski definition) is 1. The van der Waals surface area contributed by atoms with E-state index in [1.165, 1.54) is 5.57 Å². The molecule has 1 heterocycles. The van der Waals surface area contributed by atoms with E-state index in [2.05, 4.69) is 5.32 Å². The molecule has 1 aliphatic carbocycles. The van der Waals surface area contributed by atoms with E-state index in [1.807, 2.05) is 12.2 Å². The molecule has 2 aliphatic rings. The summed E-state index contributed by atoms with van der Waals surface area (Å²) in [6.07, 6.45) is 4.70. The van der Waals surface area contributed by atoms with Gasteiger partial charge in [-0.05, 0) is 5.57 Å². The summed E-state index contributed by atoms with van der Waals surface area (Å²) >= 11 is 0. The molecule has 1 saturated heterocycles. The zero-order valence-electron chi connectivity index (χ0n) is 5.68. The van der Waals surface area contributed by atoms with Crippen molar-refractivity contribution in [2.24, 2.45) is 5.92 Å². The van der Waals surface area contributed by atoms with Crippen LogP contribution in [0.4, 0.5) is 4.39 Å². The van der Waals surface area contributed by atoms with Crippen LogP contribution < -0.4 is 5.32 Å². The number of allylic oxidation sites excluding steroid dienone is 3. The highest BCUT2D eigenvalue weighted by atomic mass is 19.1. The van der Waals surface area contributed by atoms with Crippen molar-refractivity contribution < 1.29 is 4.39 Å². The molecule has 2 atom stereocenters. The first-order chi connectivity index (χ1) is 4.88. The minimum Gasteiger partial charge on any atom is -0.312 e. The number of halogens is 1. The van der Waals surface area contributed by atoms with Gasteiger partial charge in [-0.3, -0.25) is 0 Å². The maximum Gasteiger partial charge on any atom is 0.126 e. The molecule has 10 heavy (non-hydrogen) atoms. The van der Waals surface area contributed by atoms with E-state index in [4.69, 9.17) is 0 Å². The molecule has 54 valence electrons. The van der Waals surface area contributed by atoms with Gasteiger partial charge >= 0.3 is 0 Å². The summed E-state index contributed by atoms with van der Waals surface area (Å²) in [5, 5.41) is 3.15. The van der Waals surface area contributed by atoms with E-state index in [0.29, 0.717) is 0 Å². The fourth-order valence-corrected chi connectivity index (χ4v) is 1.55. The third kappa shape index (κ3) is 0.797. The highest BCUT2D eigenvalue weighted by Crippen LogP contribution is 2.25. The molecule has 1 N–H and O–H groups in total. The summed E-state index contributed by atoms with van der Waals surface area (Å²) in [7, 11) is 0. The van der Waals surface area contributed by atoms with Crippen molar-refractivity contribution in [3.8, 4) is 0 Å². The molecule has 0 aromatic heterocycles. The van der Waals surface area contributed by atoms with Crippen molar-refractivity contribution >= 4 is 0 Å². The third-order valence-corrected chi connectivity index (χ3v) is 2.16.